The molecule has 11 N–H and O–H groups in total. The molecule has 2 aromatic carbocycles. The Hall–Kier alpha value is -5.24. The van der Waals surface area contributed by atoms with E-state index in [0.717, 1.165) is 10.9 Å². The molecule has 0 aliphatic rings. The number of hydrogen-bond acceptors (Lipinski definition) is 7. The molecule has 0 radical (unpaired) electrons. The van der Waals surface area contributed by atoms with Crippen LogP contribution in [0.2, 0.25) is 0 Å². The third-order valence-corrected chi connectivity index (χ3v) is 6.98. The Morgan fingerprint density at radius 2 is 1.25 bits per heavy atom. The number of rotatable bonds is 17. The number of benzene rings is 2. The number of nitrogens with one attached hydrogen (secondary N) is 4. The van der Waals surface area contributed by atoms with Crippen molar-refractivity contribution >= 4 is 46.4 Å². The molecule has 1 heterocycles. The number of amides is 5. The van der Waals surface area contributed by atoms with E-state index in [1.165, 1.54) is 0 Å². The summed E-state index contributed by atoms with van der Waals surface area (Å²) in [6.07, 6.45) is 0.996. The molecule has 0 spiro atoms. The molecule has 0 aliphatic heterocycles. The number of carbonyl (C=O) groups excluding carboxylic acids is 5. The van der Waals surface area contributed by atoms with Crippen molar-refractivity contribution in [2.24, 2.45) is 17.2 Å². The fourth-order valence-corrected chi connectivity index (χ4v) is 4.58. The van der Waals surface area contributed by atoms with Gasteiger partial charge in [0.25, 0.3) is 0 Å². The molecule has 44 heavy (non-hydrogen) atoms. The van der Waals surface area contributed by atoms with Gasteiger partial charge in [-0.2, -0.15) is 0 Å². The lowest BCUT2D eigenvalue weighted by Crippen LogP contribution is -2.58. The van der Waals surface area contributed by atoms with Crippen molar-refractivity contribution in [3.8, 4) is 0 Å². The second-order valence-corrected chi connectivity index (χ2v) is 10.4. The van der Waals surface area contributed by atoms with Crippen LogP contribution in [-0.4, -0.2) is 69.8 Å². The van der Waals surface area contributed by atoms with Crippen LogP contribution in [0.1, 0.15) is 36.8 Å². The summed E-state index contributed by atoms with van der Waals surface area (Å²) in [6.45, 7) is 0. The van der Waals surface area contributed by atoms with Gasteiger partial charge in [0.2, 0.25) is 29.5 Å². The van der Waals surface area contributed by atoms with Crippen molar-refractivity contribution in [1.29, 1.82) is 0 Å². The summed E-state index contributed by atoms with van der Waals surface area (Å²) in [5.74, 6) is -4.99. The van der Waals surface area contributed by atoms with Crippen LogP contribution in [0.15, 0.2) is 60.8 Å². The van der Waals surface area contributed by atoms with Gasteiger partial charge < -0.3 is 43.2 Å². The fraction of sp³-hybridized carbons (Fsp3) is 0.333. The maximum absolute atomic E-state index is 13.7. The molecule has 0 aliphatic carbocycles. The number of H-pyrrole nitrogens is 1. The van der Waals surface area contributed by atoms with E-state index in [1.807, 2.05) is 24.3 Å². The van der Waals surface area contributed by atoms with E-state index in [-0.39, 0.29) is 38.5 Å². The molecule has 4 unspecified atom stereocenters. The Morgan fingerprint density at radius 3 is 1.89 bits per heavy atom. The Balaban J connectivity index is 1.88. The summed E-state index contributed by atoms with van der Waals surface area (Å²) in [5, 5.41) is 18.1. The van der Waals surface area contributed by atoms with Crippen molar-refractivity contribution < 1.29 is 33.9 Å². The maximum atomic E-state index is 13.7. The first-order chi connectivity index (χ1) is 20.9. The second-order valence-electron chi connectivity index (χ2n) is 10.4. The van der Waals surface area contributed by atoms with E-state index in [2.05, 4.69) is 20.9 Å². The number of aromatic nitrogens is 1. The first-order valence-corrected chi connectivity index (χ1v) is 14.0. The van der Waals surface area contributed by atoms with Gasteiger partial charge in [-0.1, -0.05) is 48.5 Å². The Bertz CT molecular complexity index is 1490. The third-order valence-electron chi connectivity index (χ3n) is 6.98. The zero-order valence-corrected chi connectivity index (χ0v) is 24.0. The highest BCUT2D eigenvalue weighted by molar-refractivity contribution is 5.95. The lowest BCUT2D eigenvalue weighted by molar-refractivity contribution is -0.142. The van der Waals surface area contributed by atoms with Crippen molar-refractivity contribution in [2.75, 3.05) is 0 Å². The number of hydrogen-bond donors (Lipinski definition) is 8. The van der Waals surface area contributed by atoms with Gasteiger partial charge in [-0.05, 0) is 30.0 Å². The number of aliphatic carboxylic acids is 1. The first kappa shape index (κ1) is 33.3. The van der Waals surface area contributed by atoms with Gasteiger partial charge in [0, 0.05) is 42.8 Å². The third kappa shape index (κ3) is 9.94. The van der Waals surface area contributed by atoms with E-state index in [1.54, 1.807) is 36.5 Å². The number of carboxylic acids is 1. The number of para-hydroxylation sites is 1. The number of nitrogens with two attached hydrogens (primary N) is 3. The minimum absolute atomic E-state index is 0.0334. The topological polar surface area (TPSA) is 253 Å². The molecule has 3 rings (SSSR count). The van der Waals surface area contributed by atoms with Crippen molar-refractivity contribution in [3.05, 3.63) is 71.9 Å². The van der Waals surface area contributed by atoms with Crippen LogP contribution < -0.4 is 33.2 Å². The number of fused-ring (bicyclic) bond motifs is 1. The summed E-state index contributed by atoms with van der Waals surface area (Å²) in [7, 11) is 0. The van der Waals surface area contributed by atoms with E-state index < -0.39 is 59.7 Å². The maximum Gasteiger partial charge on any atom is 0.326 e. The highest BCUT2D eigenvalue weighted by Gasteiger charge is 2.31. The normalized spacial score (nSPS) is 13.7. The standard InChI is InChI=1S/C30H37N7O7/c31-20(10-12-25(32)38)27(40)36-23(14-17-6-2-1-3-7-17)28(41)37-24(15-18-16-34-21-9-5-4-8-19(18)21)29(42)35-22(30(43)44)11-13-26(33)39/h1-9,16,20,22-24,34H,10-15,31H2,(H2,32,38)(H2,33,39)(H,35,42)(H,36,40)(H,37,41)(H,43,44). The zero-order valence-electron chi connectivity index (χ0n) is 24.0. The van der Waals surface area contributed by atoms with Crippen LogP contribution in [0.4, 0.5) is 0 Å². The van der Waals surface area contributed by atoms with Gasteiger partial charge in [-0.25, -0.2) is 4.79 Å². The predicted molar refractivity (Wildman–Crippen MR) is 160 cm³/mol. The largest absolute Gasteiger partial charge is 0.480 e. The molecular formula is C30H37N7O7. The Morgan fingerprint density at radius 1 is 0.705 bits per heavy atom. The average Bonchev–Trinajstić information content (AvgIpc) is 3.40. The van der Waals surface area contributed by atoms with Gasteiger partial charge in [0.15, 0.2) is 0 Å². The van der Waals surface area contributed by atoms with Gasteiger partial charge in [0.05, 0.1) is 6.04 Å². The van der Waals surface area contributed by atoms with Gasteiger partial charge in [-0.3, -0.25) is 24.0 Å². The first-order valence-electron chi connectivity index (χ1n) is 14.0. The molecule has 0 saturated carbocycles. The smallest absolute Gasteiger partial charge is 0.326 e. The highest BCUT2D eigenvalue weighted by atomic mass is 16.4. The molecule has 0 saturated heterocycles. The summed E-state index contributed by atoms with van der Waals surface area (Å²) in [6, 6.07) is 11.1. The molecular weight excluding hydrogens is 570 g/mol. The van der Waals surface area contributed by atoms with Crippen molar-refractivity contribution in [1.82, 2.24) is 20.9 Å². The van der Waals surface area contributed by atoms with Crippen molar-refractivity contribution in [2.45, 2.75) is 62.7 Å². The summed E-state index contributed by atoms with van der Waals surface area (Å²) < 4.78 is 0. The minimum Gasteiger partial charge on any atom is -0.480 e. The molecule has 14 heteroatoms. The summed E-state index contributed by atoms with van der Waals surface area (Å²) in [5.41, 5.74) is 18.4. The van der Waals surface area contributed by atoms with Crippen LogP contribution in [-0.2, 0) is 41.6 Å². The van der Waals surface area contributed by atoms with Crippen LogP contribution in [0, 0.1) is 0 Å². The molecule has 234 valence electrons. The molecule has 5 amide bonds. The van der Waals surface area contributed by atoms with Crippen molar-refractivity contribution in [3.63, 3.8) is 0 Å². The zero-order chi connectivity index (χ0) is 32.2. The van der Waals surface area contributed by atoms with E-state index in [4.69, 9.17) is 17.2 Å². The molecule has 0 bridgehead atoms. The van der Waals surface area contributed by atoms with E-state index in [9.17, 15) is 33.9 Å². The van der Waals surface area contributed by atoms with Gasteiger partial charge in [-0.15, -0.1) is 0 Å². The molecule has 1 aromatic heterocycles. The second kappa shape index (κ2) is 15.8. The quantitative estimate of drug-likeness (QED) is 0.0976. The SMILES string of the molecule is NC(=O)CCC(N)C(=O)NC(Cc1ccccc1)C(=O)NC(Cc1c[nH]c2ccccc12)C(=O)NC(CCC(N)=O)C(=O)O. The molecule has 4 atom stereocenters. The minimum atomic E-state index is -1.44. The average molecular weight is 608 g/mol. The van der Waals surface area contributed by atoms with Gasteiger partial charge >= 0.3 is 5.97 Å². The van der Waals surface area contributed by atoms with Crippen LogP contribution in [0.5, 0.6) is 0 Å². The van der Waals surface area contributed by atoms with Crippen LogP contribution in [0.3, 0.4) is 0 Å². The Labute approximate surface area is 253 Å². The Kier molecular flexibility index (Phi) is 12.0. The monoisotopic (exact) mass is 607 g/mol. The number of carboxylic acid groups (broad SMARTS) is 1. The van der Waals surface area contributed by atoms with E-state index in [0.29, 0.717) is 11.1 Å². The number of primary amides is 2. The number of aromatic amines is 1. The van der Waals surface area contributed by atoms with Crippen LogP contribution in [0.25, 0.3) is 10.9 Å². The molecule has 3 aromatic rings. The lowest BCUT2D eigenvalue weighted by Gasteiger charge is -2.25. The van der Waals surface area contributed by atoms with E-state index >= 15 is 0 Å². The summed E-state index contributed by atoms with van der Waals surface area (Å²) in [4.78, 5) is 77.4. The van der Waals surface area contributed by atoms with Gasteiger partial charge in [0.1, 0.15) is 18.1 Å². The highest BCUT2D eigenvalue weighted by Crippen LogP contribution is 2.19. The lowest BCUT2D eigenvalue weighted by atomic mass is 10.0. The number of carbonyl (C=O) groups is 6. The summed E-state index contributed by atoms with van der Waals surface area (Å²) >= 11 is 0. The fourth-order valence-electron chi connectivity index (χ4n) is 4.58. The molecule has 14 nitrogen and oxygen atoms in total. The molecule has 0 fully saturated rings. The predicted octanol–water partition coefficient (Wildman–Crippen LogP) is -0.650. The van der Waals surface area contributed by atoms with Crippen LogP contribution >= 0.6 is 0 Å².